The van der Waals surface area contributed by atoms with Gasteiger partial charge in [-0.1, -0.05) is 24.3 Å². The van der Waals surface area contributed by atoms with E-state index in [9.17, 15) is 5.11 Å². The minimum Gasteiger partial charge on any atom is -0.396 e. The number of aryl methyl sites for hydroxylation is 1. The molecule has 162 valence electrons. The van der Waals surface area contributed by atoms with Crippen LogP contribution in [0.3, 0.4) is 0 Å². The first-order valence-electron chi connectivity index (χ1n) is 10.9. The number of nitrogens with zero attached hydrogens (tertiary/aromatic N) is 2. The Bertz CT molecular complexity index is 845. The summed E-state index contributed by atoms with van der Waals surface area (Å²) in [5.41, 5.74) is 12.5. The van der Waals surface area contributed by atoms with Crippen molar-refractivity contribution in [3.63, 3.8) is 0 Å². The summed E-state index contributed by atoms with van der Waals surface area (Å²) in [7, 11) is 0. The van der Waals surface area contributed by atoms with Crippen molar-refractivity contribution in [2.45, 2.75) is 45.1 Å². The Morgan fingerprint density at radius 2 is 1.80 bits per heavy atom. The first kappa shape index (κ1) is 22.9. The third kappa shape index (κ3) is 5.66. The number of anilines is 2. The molecule has 0 unspecified atom stereocenters. The lowest BCUT2D eigenvalue weighted by Crippen LogP contribution is -2.34. The fourth-order valence-corrected chi connectivity index (χ4v) is 4.44. The maximum absolute atomic E-state index is 9.29. The van der Waals surface area contributed by atoms with Crippen molar-refractivity contribution in [3.8, 4) is 0 Å². The monoisotopic (exact) mass is 520 g/mol. The molecule has 1 saturated heterocycles. The van der Waals surface area contributed by atoms with Crippen LogP contribution >= 0.6 is 24.0 Å². The van der Waals surface area contributed by atoms with Gasteiger partial charge in [0.25, 0.3) is 0 Å². The van der Waals surface area contributed by atoms with Gasteiger partial charge in [-0.15, -0.1) is 24.0 Å². The van der Waals surface area contributed by atoms with Gasteiger partial charge in [0.05, 0.1) is 6.54 Å². The molecule has 5 nitrogen and oxygen atoms in total. The molecule has 0 spiro atoms. The molecule has 30 heavy (non-hydrogen) atoms. The summed E-state index contributed by atoms with van der Waals surface area (Å²) >= 11 is 0. The van der Waals surface area contributed by atoms with Gasteiger partial charge in [0.2, 0.25) is 0 Å². The molecule has 0 amide bonds. The second kappa shape index (κ2) is 11.0. The second-order valence-corrected chi connectivity index (χ2v) is 8.26. The molecular formula is C24H33IN4O. The van der Waals surface area contributed by atoms with Crippen LogP contribution in [-0.2, 0) is 19.4 Å². The SMILES string of the molecule is I.NC(=NCc1ccc(N2CCC(CO)CC2)cc1)Nc1cccc2c1CCCC2. The van der Waals surface area contributed by atoms with Crippen LogP contribution in [0.25, 0.3) is 0 Å². The lowest BCUT2D eigenvalue weighted by molar-refractivity contribution is 0.203. The normalized spacial score (nSPS) is 17.2. The molecule has 6 heteroatoms. The Kier molecular flexibility index (Phi) is 8.39. The number of hydrogen-bond donors (Lipinski definition) is 3. The Hall–Kier alpha value is -1.80. The van der Waals surface area contributed by atoms with E-state index in [0.29, 0.717) is 25.0 Å². The molecular weight excluding hydrogens is 487 g/mol. The number of fused-ring (bicyclic) bond motifs is 1. The predicted octanol–water partition coefficient (Wildman–Crippen LogP) is 4.32. The van der Waals surface area contributed by atoms with Crippen molar-refractivity contribution < 1.29 is 5.11 Å². The van der Waals surface area contributed by atoms with Gasteiger partial charge in [-0.2, -0.15) is 0 Å². The number of aliphatic hydroxyl groups excluding tert-OH is 1. The number of piperidine rings is 1. The van der Waals surface area contributed by atoms with Gasteiger partial charge in [-0.25, -0.2) is 4.99 Å². The van der Waals surface area contributed by atoms with E-state index in [0.717, 1.165) is 50.0 Å². The molecule has 0 saturated carbocycles. The molecule has 1 aliphatic heterocycles. The number of hydrogen-bond acceptors (Lipinski definition) is 3. The lowest BCUT2D eigenvalue weighted by Gasteiger charge is -2.32. The fourth-order valence-electron chi connectivity index (χ4n) is 4.44. The highest BCUT2D eigenvalue weighted by Crippen LogP contribution is 2.28. The van der Waals surface area contributed by atoms with Crippen molar-refractivity contribution in [1.29, 1.82) is 0 Å². The summed E-state index contributed by atoms with van der Waals surface area (Å²) in [5, 5.41) is 12.6. The molecule has 4 rings (SSSR count). The Labute approximate surface area is 196 Å². The summed E-state index contributed by atoms with van der Waals surface area (Å²) in [6, 6.07) is 15.0. The van der Waals surface area contributed by atoms with E-state index in [1.54, 1.807) is 0 Å². The maximum Gasteiger partial charge on any atom is 0.193 e. The van der Waals surface area contributed by atoms with Crippen LogP contribution in [0, 0.1) is 5.92 Å². The summed E-state index contributed by atoms with van der Waals surface area (Å²) in [6.07, 6.45) is 6.92. The highest BCUT2D eigenvalue weighted by atomic mass is 127. The summed E-state index contributed by atoms with van der Waals surface area (Å²) in [5.74, 6) is 0.935. The Morgan fingerprint density at radius 1 is 1.07 bits per heavy atom. The van der Waals surface area contributed by atoms with Gasteiger partial charge in [-0.05, 0) is 79.3 Å². The zero-order chi connectivity index (χ0) is 20.1. The van der Waals surface area contributed by atoms with E-state index < -0.39 is 0 Å². The van der Waals surface area contributed by atoms with Gasteiger partial charge in [-0.3, -0.25) is 0 Å². The first-order valence-corrected chi connectivity index (χ1v) is 10.9. The highest BCUT2D eigenvalue weighted by molar-refractivity contribution is 14.0. The van der Waals surface area contributed by atoms with Crippen LogP contribution in [0.5, 0.6) is 0 Å². The van der Waals surface area contributed by atoms with Crippen LogP contribution in [0.2, 0.25) is 0 Å². The van der Waals surface area contributed by atoms with Crippen LogP contribution in [0.1, 0.15) is 42.4 Å². The van der Waals surface area contributed by atoms with Crippen molar-refractivity contribution in [2.24, 2.45) is 16.6 Å². The quantitative estimate of drug-likeness (QED) is 0.312. The zero-order valence-electron chi connectivity index (χ0n) is 17.5. The third-order valence-corrected chi connectivity index (χ3v) is 6.26. The van der Waals surface area contributed by atoms with E-state index in [2.05, 4.69) is 57.7 Å². The van der Waals surface area contributed by atoms with Crippen molar-refractivity contribution in [1.82, 2.24) is 0 Å². The van der Waals surface area contributed by atoms with Gasteiger partial charge >= 0.3 is 0 Å². The Morgan fingerprint density at radius 3 is 2.53 bits per heavy atom. The van der Waals surface area contributed by atoms with E-state index in [-0.39, 0.29) is 24.0 Å². The smallest absolute Gasteiger partial charge is 0.193 e. The topological polar surface area (TPSA) is 73.9 Å². The number of benzene rings is 2. The molecule has 0 radical (unpaired) electrons. The third-order valence-electron chi connectivity index (χ3n) is 6.26. The van der Waals surface area contributed by atoms with E-state index in [4.69, 9.17) is 5.73 Å². The molecule has 2 aromatic carbocycles. The first-order chi connectivity index (χ1) is 14.2. The Balaban J connectivity index is 0.00000256. The number of aliphatic imine (C=N–C) groups is 1. The molecule has 0 bridgehead atoms. The number of guanidine groups is 1. The van der Waals surface area contributed by atoms with Crippen LogP contribution in [0.15, 0.2) is 47.5 Å². The average molecular weight is 520 g/mol. The van der Waals surface area contributed by atoms with Crippen LogP contribution < -0.4 is 16.0 Å². The summed E-state index contributed by atoms with van der Waals surface area (Å²) in [4.78, 5) is 6.94. The molecule has 4 N–H and O–H groups in total. The van der Waals surface area contributed by atoms with Gasteiger partial charge in [0.15, 0.2) is 5.96 Å². The minimum atomic E-state index is 0. The number of aliphatic hydroxyl groups is 1. The molecule has 1 heterocycles. The van der Waals surface area contributed by atoms with Gasteiger partial charge in [0, 0.05) is 31.1 Å². The summed E-state index contributed by atoms with van der Waals surface area (Å²) in [6.45, 7) is 2.91. The summed E-state index contributed by atoms with van der Waals surface area (Å²) < 4.78 is 0. The van der Waals surface area contributed by atoms with Crippen molar-refractivity contribution in [3.05, 3.63) is 59.2 Å². The van der Waals surface area contributed by atoms with Gasteiger partial charge < -0.3 is 21.1 Å². The molecule has 1 fully saturated rings. The molecule has 2 aliphatic rings. The fraction of sp³-hybridized carbons (Fsp3) is 0.458. The van der Waals surface area contributed by atoms with Crippen molar-refractivity contribution in [2.75, 3.05) is 29.9 Å². The number of nitrogens with two attached hydrogens (primary N) is 1. The lowest BCUT2D eigenvalue weighted by atomic mass is 9.90. The van der Waals surface area contributed by atoms with E-state index >= 15 is 0 Å². The average Bonchev–Trinajstić information content (AvgIpc) is 2.78. The minimum absolute atomic E-state index is 0. The molecule has 2 aromatic rings. The molecule has 0 aromatic heterocycles. The zero-order valence-corrected chi connectivity index (χ0v) is 19.8. The van der Waals surface area contributed by atoms with Crippen LogP contribution in [0.4, 0.5) is 11.4 Å². The van der Waals surface area contributed by atoms with Crippen molar-refractivity contribution >= 4 is 41.3 Å². The maximum atomic E-state index is 9.29. The standard InChI is InChI=1S/C24H32N4O.HI/c25-24(27-23-7-3-5-20-4-1-2-6-22(20)23)26-16-18-8-10-21(11-9-18)28-14-12-19(17-29)13-15-28;/h3,5,7-11,19,29H,1-2,4,6,12-17H2,(H3,25,26,27);1H. The van der Waals surface area contributed by atoms with Gasteiger partial charge in [0.1, 0.15) is 0 Å². The number of halogens is 1. The van der Waals surface area contributed by atoms with E-state index in [1.807, 2.05) is 0 Å². The second-order valence-electron chi connectivity index (χ2n) is 8.26. The largest absolute Gasteiger partial charge is 0.396 e. The molecule has 1 aliphatic carbocycles. The predicted molar refractivity (Wildman–Crippen MR) is 136 cm³/mol. The number of nitrogens with one attached hydrogen (secondary N) is 1. The number of rotatable bonds is 5. The van der Waals surface area contributed by atoms with E-state index in [1.165, 1.54) is 29.7 Å². The molecule has 0 atom stereocenters. The highest BCUT2D eigenvalue weighted by Gasteiger charge is 2.18. The van der Waals surface area contributed by atoms with Crippen LogP contribution in [-0.4, -0.2) is 30.8 Å².